The highest BCUT2D eigenvalue weighted by molar-refractivity contribution is 5.76. The largest absolute Gasteiger partial charge is 0.367 e. The van der Waals surface area contributed by atoms with Crippen molar-refractivity contribution in [1.29, 1.82) is 0 Å². The summed E-state index contributed by atoms with van der Waals surface area (Å²) in [5, 5.41) is 0. The number of pyridine rings is 1. The average molecular weight is 343 g/mol. The summed E-state index contributed by atoms with van der Waals surface area (Å²) in [5.41, 5.74) is 2.15. The number of hydrogen-bond acceptors (Lipinski definition) is 5. The first kappa shape index (κ1) is 17.6. The van der Waals surface area contributed by atoms with Gasteiger partial charge in [-0.25, -0.2) is 4.98 Å². The number of aromatic amines is 1. The third kappa shape index (κ3) is 4.87. The van der Waals surface area contributed by atoms with Crippen LogP contribution in [0.3, 0.4) is 0 Å². The topological polar surface area (TPSA) is 74.3 Å². The van der Waals surface area contributed by atoms with Crippen LogP contribution in [-0.4, -0.2) is 63.9 Å². The van der Waals surface area contributed by atoms with Crippen LogP contribution in [0.4, 0.5) is 0 Å². The Morgan fingerprint density at radius 3 is 3.08 bits per heavy atom. The molecular weight excluding hydrogens is 318 g/mol. The number of nitrogens with one attached hydrogen (secondary N) is 1. The maximum atomic E-state index is 12.5. The van der Waals surface area contributed by atoms with Crippen molar-refractivity contribution < 1.29 is 9.53 Å². The summed E-state index contributed by atoms with van der Waals surface area (Å²) in [7, 11) is 2.02. The molecule has 7 heteroatoms. The summed E-state index contributed by atoms with van der Waals surface area (Å²) in [6, 6.07) is 3.97. The Bertz CT molecular complexity index is 688. The quantitative estimate of drug-likeness (QED) is 0.861. The highest BCUT2D eigenvalue weighted by Crippen LogP contribution is 2.20. The van der Waals surface area contributed by atoms with Crippen LogP contribution in [0.25, 0.3) is 0 Å². The minimum absolute atomic E-state index is 0.162. The van der Waals surface area contributed by atoms with Gasteiger partial charge in [-0.05, 0) is 25.6 Å². The lowest BCUT2D eigenvalue weighted by atomic mass is 10.2. The van der Waals surface area contributed by atoms with E-state index in [4.69, 9.17) is 4.74 Å². The van der Waals surface area contributed by atoms with E-state index < -0.39 is 0 Å². The monoisotopic (exact) mass is 343 g/mol. The molecular formula is C18H25N5O2. The Hall–Kier alpha value is -2.25. The Morgan fingerprint density at radius 2 is 2.36 bits per heavy atom. The second kappa shape index (κ2) is 8.22. The Morgan fingerprint density at radius 1 is 1.48 bits per heavy atom. The highest BCUT2D eigenvalue weighted by atomic mass is 16.5. The number of hydrogen-bond donors (Lipinski definition) is 1. The van der Waals surface area contributed by atoms with Crippen molar-refractivity contribution in [3.8, 4) is 0 Å². The van der Waals surface area contributed by atoms with Crippen LogP contribution in [0.5, 0.6) is 0 Å². The minimum atomic E-state index is -0.167. The van der Waals surface area contributed by atoms with Gasteiger partial charge in [0.25, 0.3) is 0 Å². The molecule has 1 aliphatic heterocycles. The van der Waals surface area contributed by atoms with Crippen LogP contribution >= 0.6 is 0 Å². The number of H-pyrrole nitrogens is 1. The molecule has 0 spiro atoms. The number of amides is 1. The lowest BCUT2D eigenvalue weighted by Crippen LogP contribution is -2.43. The van der Waals surface area contributed by atoms with Crippen LogP contribution in [0, 0.1) is 6.92 Å². The molecule has 0 saturated carbocycles. The molecule has 1 N–H and O–H groups in total. The second-order valence-corrected chi connectivity index (χ2v) is 6.50. The maximum absolute atomic E-state index is 12.5. The number of morpholine rings is 1. The molecule has 0 radical (unpaired) electrons. The van der Waals surface area contributed by atoms with Gasteiger partial charge in [0, 0.05) is 50.3 Å². The molecule has 7 nitrogen and oxygen atoms in total. The van der Waals surface area contributed by atoms with E-state index in [0.717, 1.165) is 30.2 Å². The molecule has 0 unspecified atom stereocenters. The SMILES string of the molecule is Cc1cnc([C@@H]2CN(C(=O)CCN(C)Cc3cccnc3)CCO2)[nH]1. The highest BCUT2D eigenvalue weighted by Gasteiger charge is 2.27. The summed E-state index contributed by atoms with van der Waals surface area (Å²) in [6.45, 7) is 5.20. The standard InChI is InChI=1S/C18H25N5O2/c1-14-10-20-18(21-14)16-13-23(8-9-25-16)17(24)5-7-22(2)12-15-4-3-6-19-11-15/h3-4,6,10-11,16H,5,7-9,12-13H2,1-2H3,(H,20,21)/t16-/m0/s1. The Kier molecular flexibility index (Phi) is 5.78. The van der Waals surface area contributed by atoms with E-state index in [0.29, 0.717) is 26.1 Å². The van der Waals surface area contributed by atoms with Crippen molar-refractivity contribution in [2.24, 2.45) is 0 Å². The van der Waals surface area contributed by atoms with Crippen molar-refractivity contribution in [2.45, 2.75) is 26.0 Å². The molecule has 1 aliphatic rings. The van der Waals surface area contributed by atoms with Crippen LogP contribution in [0.15, 0.2) is 30.7 Å². The molecule has 1 atom stereocenters. The normalized spacial score (nSPS) is 17.9. The molecule has 2 aromatic heterocycles. The molecule has 1 amide bonds. The van der Waals surface area contributed by atoms with Gasteiger partial charge < -0.3 is 19.5 Å². The summed E-state index contributed by atoms with van der Waals surface area (Å²) in [5.74, 6) is 0.957. The van der Waals surface area contributed by atoms with E-state index in [2.05, 4.69) is 19.9 Å². The van der Waals surface area contributed by atoms with Crippen molar-refractivity contribution in [3.05, 3.63) is 47.8 Å². The van der Waals surface area contributed by atoms with E-state index in [-0.39, 0.29) is 12.0 Å². The average Bonchev–Trinajstić information content (AvgIpc) is 3.07. The molecule has 2 aromatic rings. The van der Waals surface area contributed by atoms with Gasteiger partial charge in [-0.1, -0.05) is 6.07 Å². The van der Waals surface area contributed by atoms with Gasteiger partial charge >= 0.3 is 0 Å². The third-order valence-corrected chi connectivity index (χ3v) is 4.33. The van der Waals surface area contributed by atoms with Gasteiger partial charge in [0.05, 0.1) is 13.2 Å². The van der Waals surface area contributed by atoms with Crippen molar-refractivity contribution in [3.63, 3.8) is 0 Å². The predicted octanol–water partition coefficient (Wildman–Crippen LogP) is 1.54. The fraction of sp³-hybridized carbons (Fsp3) is 0.500. The minimum Gasteiger partial charge on any atom is -0.367 e. The molecule has 25 heavy (non-hydrogen) atoms. The molecule has 1 saturated heterocycles. The zero-order chi connectivity index (χ0) is 17.6. The van der Waals surface area contributed by atoms with E-state index in [1.54, 1.807) is 12.4 Å². The van der Waals surface area contributed by atoms with Gasteiger partial charge in [-0.15, -0.1) is 0 Å². The molecule has 3 heterocycles. The third-order valence-electron chi connectivity index (χ3n) is 4.33. The second-order valence-electron chi connectivity index (χ2n) is 6.50. The van der Waals surface area contributed by atoms with Crippen molar-refractivity contribution >= 4 is 5.91 Å². The first-order valence-electron chi connectivity index (χ1n) is 8.60. The van der Waals surface area contributed by atoms with Gasteiger partial charge in [0.15, 0.2) is 0 Å². The van der Waals surface area contributed by atoms with Crippen LogP contribution in [-0.2, 0) is 16.1 Å². The van der Waals surface area contributed by atoms with Crippen LogP contribution < -0.4 is 0 Å². The zero-order valence-electron chi connectivity index (χ0n) is 14.8. The van der Waals surface area contributed by atoms with Crippen molar-refractivity contribution in [2.75, 3.05) is 33.3 Å². The lowest BCUT2D eigenvalue weighted by Gasteiger charge is -2.32. The summed E-state index contributed by atoms with van der Waals surface area (Å²) in [4.78, 5) is 28.2. The van der Waals surface area contributed by atoms with Crippen molar-refractivity contribution in [1.82, 2.24) is 24.8 Å². The summed E-state index contributed by atoms with van der Waals surface area (Å²) >= 11 is 0. The molecule has 0 aliphatic carbocycles. The summed E-state index contributed by atoms with van der Waals surface area (Å²) < 4.78 is 5.76. The van der Waals surface area contributed by atoms with Gasteiger partial charge in [-0.3, -0.25) is 9.78 Å². The zero-order valence-corrected chi connectivity index (χ0v) is 14.8. The van der Waals surface area contributed by atoms with Gasteiger partial charge in [0.1, 0.15) is 11.9 Å². The number of aryl methyl sites for hydroxylation is 1. The summed E-state index contributed by atoms with van der Waals surface area (Å²) in [6.07, 6.45) is 5.74. The van der Waals surface area contributed by atoms with Crippen LogP contribution in [0.1, 0.15) is 29.6 Å². The number of carbonyl (C=O) groups is 1. The van der Waals surface area contributed by atoms with E-state index in [1.165, 1.54) is 0 Å². The fourth-order valence-corrected chi connectivity index (χ4v) is 2.96. The number of carbonyl (C=O) groups excluding carboxylic acids is 1. The number of imidazole rings is 1. The molecule has 0 aromatic carbocycles. The Balaban J connectivity index is 1.47. The van der Waals surface area contributed by atoms with E-state index in [1.807, 2.05) is 37.2 Å². The number of ether oxygens (including phenoxy) is 1. The molecule has 134 valence electrons. The number of rotatable bonds is 6. The smallest absolute Gasteiger partial charge is 0.224 e. The van der Waals surface area contributed by atoms with Gasteiger partial charge in [0.2, 0.25) is 5.91 Å². The first-order chi connectivity index (χ1) is 12.1. The molecule has 3 rings (SSSR count). The first-order valence-corrected chi connectivity index (χ1v) is 8.60. The Labute approximate surface area is 148 Å². The fourth-order valence-electron chi connectivity index (χ4n) is 2.96. The van der Waals surface area contributed by atoms with Gasteiger partial charge in [-0.2, -0.15) is 0 Å². The molecule has 1 fully saturated rings. The molecule has 0 bridgehead atoms. The maximum Gasteiger partial charge on any atom is 0.224 e. The number of nitrogens with zero attached hydrogens (tertiary/aromatic N) is 4. The van der Waals surface area contributed by atoms with E-state index in [9.17, 15) is 4.79 Å². The lowest BCUT2D eigenvalue weighted by molar-refractivity contribution is -0.139. The number of aromatic nitrogens is 3. The van der Waals surface area contributed by atoms with E-state index >= 15 is 0 Å². The van der Waals surface area contributed by atoms with Crippen LogP contribution in [0.2, 0.25) is 0 Å². The predicted molar refractivity (Wildman–Crippen MR) is 93.8 cm³/mol.